The lowest BCUT2D eigenvalue weighted by molar-refractivity contribution is -0.134. The third-order valence-corrected chi connectivity index (χ3v) is 4.77. The van der Waals surface area contributed by atoms with Crippen LogP contribution in [0.4, 0.5) is 17.5 Å². The quantitative estimate of drug-likeness (QED) is 0.723. The molecule has 3 aromatic heterocycles. The Labute approximate surface area is 163 Å². The largest absolute Gasteiger partial charge is 0.352 e. The molecule has 1 aliphatic heterocycles. The molecular formula is C19H22N8O. The van der Waals surface area contributed by atoms with Crippen molar-refractivity contribution in [2.75, 3.05) is 36.4 Å². The number of anilines is 3. The second kappa shape index (κ2) is 8.03. The molecule has 4 heterocycles. The van der Waals surface area contributed by atoms with E-state index in [-0.39, 0.29) is 11.9 Å². The molecule has 4 rings (SSSR count). The number of aromatic nitrogens is 5. The number of nitrogens with zero attached hydrogens (tertiary/aromatic N) is 7. The number of nitrogens with one attached hydrogen (secondary N) is 1. The first-order chi connectivity index (χ1) is 13.7. The van der Waals surface area contributed by atoms with E-state index in [0.29, 0.717) is 18.9 Å². The van der Waals surface area contributed by atoms with E-state index in [1.165, 1.54) is 0 Å². The van der Waals surface area contributed by atoms with Crippen LogP contribution in [-0.2, 0) is 4.79 Å². The van der Waals surface area contributed by atoms with Crippen molar-refractivity contribution in [3.63, 3.8) is 0 Å². The highest BCUT2D eigenvalue weighted by atomic mass is 16.2. The molecule has 1 atom stereocenters. The average molecular weight is 378 g/mol. The monoisotopic (exact) mass is 378 g/mol. The molecule has 9 nitrogen and oxygen atoms in total. The SMILES string of the molecule is CC(C(=O)N1CCN(c2ccc(Nc3ccccn3)nn2)CC1)n1cccn1. The summed E-state index contributed by atoms with van der Waals surface area (Å²) in [6.45, 7) is 4.62. The van der Waals surface area contributed by atoms with Gasteiger partial charge in [0.1, 0.15) is 11.9 Å². The molecule has 1 aliphatic rings. The number of carbonyl (C=O) groups is 1. The molecule has 0 saturated carbocycles. The molecule has 0 aromatic carbocycles. The number of amides is 1. The van der Waals surface area contributed by atoms with Gasteiger partial charge in [-0.1, -0.05) is 6.07 Å². The lowest BCUT2D eigenvalue weighted by atomic mass is 10.2. The highest BCUT2D eigenvalue weighted by Crippen LogP contribution is 2.18. The van der Waals surface area contributed by atoms with Crippen LogP contribution in [-0.4, -0.2) is 61.9 Å². The minimum Gasteiger partial charge on any atom is -0.352 e. The van der Waals surface area contributed by atoms with E-state index in [9.17, 15) is 4.79 Å². The first-order valence-corrected chi connectivity index (χ1v) is 9.25. The Kier molecular flexibility index (Phi) is 5.14. The van der Waals surface area contributed by atoms with E-state index in [4.69, 9.17) is 0 Å². The first-order valence-electron chi connectivity index (χ1n) is 9.25. The van der Waals surface area contributed by atoms with E-state index in [0.717, 1.165) is 24.7 Å². The molecule has 1 N–H and O–H groups in total. The van der Waals surface area contributed by atoms with Gasteiger partial charge in [-0.15, -0.1) is 10.2 Å². The Bertz CT molecular complexity index is 889. The zero-order valence-corrected chi connectivity index (χ0v) is 15.6. The summed E-state index contributed by atoms with van der Waals surface area (Å²) in [5.41, 5.74) is 0. The number of rotatable bonds is 5. The van der Waals surface area contributed by atoms with E-state index < -0.39 is 0 Å². The van der Waals surface area contributed by atoms with Gasteiger partial charge in [-0.3, -0.25) is 9.48 Å². The summed E-state index contributed by atoms with van der Waals surface area (Å²) in [5, 5.41) is 15.8. The third-order valence-electron chi connectivity index (χ3n) is 4.77. The van der Waals surface area contributed by atoms with Crippen LogP contribution in [0.25, 0.3) is 0 Å². The van der Waals surface area contributed by atoms with Gasteiger partial charge >= 0.3 is 0 Å². The maximum Gasteiger partial charge on any atom is 0.247 e. The number of carbonyl (C=O) groups excluding carboxylic acids is 1. The molecule has 9 heteroatoms. The van der Waals surface area contributed by atoms with Crippen LogP contribution in [0.1, 0.15) is 13.0 Å². The summed E-state index contributed by atoms with van der Waals surface area (Å²) in [7, 11) is 0. The van der Waals surface area contributed by atoms with Gasteiger partial charge < -0.3 is 15.1 Å². The van der Waals surface area contributed by atoms with Gasteiger partial charge in [-0.2, -0.15) is 5.10 Å². The van der Waals surface area contributed by atoms with Gasteiger partial charge in [-0.25, -0.2) is 4.98 Å². The van der Waals surface area contributed by atoms with Crippen molar-refractivity contribution in [1.82, 2.24) is 29.9 Å². The predicted molar refractivity (Wildman–Crippen MR) is 105 cm³/mol. The Balaban J connectivity index is 1.33. The highest BCUT2D eigenvalue weighted by Gasteiger charge is 2.26. The normalized spacial score (nSPS) is 15.3. The third kappa shape index (κ3) is 3.93. The molecule has 1 amide bonds. The Hall–Kier alpha value is -3.49. The zero-order valence-electron chi connectivity index (χ0n) is 15.6. The fourth-order valence-corrected chi connectivity index (χ4v) is 3.17. The molecule has 1 saturated heterocycles. The number of hydrogen-bond acceptors (Lipinski definition) is 7. The summed E-state index contributed by atoms with van der Waals surface area (Å²) in [5.74, 6) is 2.26. The Morgan fingerprint density at radius 1 is 1.00 bits per heavy atom. The average Bonchev–Trinajstić information content (AvgIpc) is 3.29. The number of pyridine rings is 1. The van der Waals surface area contributed by atoms with Gasteiger partial charge in [0.15, 0.2) is 11.6 Å². The molecule has 1 unspecified atom stereocenters. The summed E-state index contributed by atoms with van der Waals surface area (Å²) in [6, 6.07) is 11.0. The second-order valence-electron chi connectivity index (χ2n) is 6.59. The van der Waals surface area contributed by atoms with E-state index >= 15 is 0 Å². The lowest BCUT2D eigenvalue weighted by Gasteiger charge is -2.36. The molecule has 144 valence electrons. The lowest BCUT2D eigenvalue weighted by Crippen LogP contribution is -2.50. The Morgan fingerprint density at radius 3 is 2.50 bits per heavy atom. The van der Waals surface area contributed by atoms with Gasteiger partial charge in [0.05, 0.1) is 0 Å². The maximum atomic E-state index is 12.7. The number of hydrogen-bond donors (Lipinski definition) is 1. The van der Waals surface area contributed by atoms with Crippen LogP contribution >= 0.6 is 0 Å². The van der Waals surface area contributed by atoms with Crippen LogP contribution in [0.3, 0.4) is 0 Å². The fraction of sp³-hybridized carbons (Fsp3) is 0.316. The van der Waals surface area contributed by atoms with E-state index in [1.54, 1.807) is 17.1 Å². The van der Waals surface area contributed by atoms with E-state index in [1.807, 2.05) is 54.4 Å². The van der Waals surface area contributed by atoms with Crippen molar-refractivity contribution in [3.8, 4) is 0 Å². The topological polar surface area (TPSA) is 92.1 Å². The van der Waals surface area contributed by atoms with Gasteiger partial charge in [0.25, 0.3) is 0 Å². The summed E-state index contributed by atoms with van der Waals surface area (Å²) in [6.07, 6.45) is 5.22. The Morgan fingerprint density at radius 2 is 1.86 bits per heavy atom. The summed E-state index contributed by atoms with van der Waals surface area (Å²) in [4.78, 5) is 20.9. The molecule has 0 spiro atoms. The molecule has 3 aromatic rings. The molecule has 28 heavy (non-hydrogen) atoms. The molecule has 0 bridgehead atoms. The van der Waals surface area contributed by atoms with Crippen LogP contribution in [0.5, 0.6) is 0 Å². The minimum atomic E-state index is -0.293. The smallest absolute Gasteiger partial charge is 0.247 e. The van der Waals surface area contributed by atoms with Crippen LogP contribution in [0, 0.1) is 0 Å². The summed E-state index contributed by atoms with van der Waals surface area (Å²) >= 11 is 0. The van der Waals surface area contributed by atoms with Crippen molar-refractivity contribution >= 4 is 23.4 Å². The van der Waals surface area contributed by atoms with Crippen molar-refractivity contribution < 1.29 is 4.79 Å². The van der Waals surface area contributed by atoms with Crippen molar-refractivity contribution in [1.29, 1.82) is 0 Å². The highest BCUT2D eigenvalue weighted by molar-refractivity contribution is 5.80. The maximum absolute atomic E-state index is 12.7. The summed E-state index contributed by atoms with van der Waals surface area (Å²) < 4.78 is 1.69. The van der Waals surface area contributed by atoms with E-state index in [2.05, 4.69) is 30.5 Å². The van der Waals surface area contributed by atoms with Crippen molar-refractivity contribution in [2.45, 2.75) is 13.0 Å². The van der Waals surface area contributed by atoms with Crippen LogP contribution in [0.2, 0.25) is 0 Å². The van der Waals surface area contributed by atoms with Crippen LogP contribution in [0.15, 0.2) is 55.0 Å². The molecule has 0 radical (unpaired) electrons. The zero-order chi connectivity index (χ0) is 19.3. The van der Waals surface area contributed by atoms with Gasteiger partial charge in [0, 0.05) is 44.8 Å². The van der Waals surface area contributed by atoms with Gasteiger partial charge in [0.2, 0.25) is 5.91 Å². The molecular weight excluding hydrogens is 356 g/mol. The van der Waals surface area contributed by atoms with Gasteiger partial charge in [-0.05, 0) is 37.3 Å². The second-order valence-corrected chi connectivity index (χ2v) is 6.59. The first kappa shape index (κ1) is 17.9. The van der Waals surface area contributed by atoms with Crippen molar-refractivity contribution in [3.05, 3.63) is 55.0 Å². The fourth-order valence-electron chi connectivity index (χ4n) is 3.17. The standard InChI is InChI=1S/C19H22N8O/c1-15(27-10-4-9-21-27)19(28)26-13-11-25(12-14-26)18-7-6-17(23-24-18)22-16-5-2-3-8-20-16/h2-10,15H,11-14H2,1H3,(H,20,22,23). The minimum absolute atomic E-state index is 0.0874. The van der Waals surface area contributed by atoms with Crippen LogP contribution < -0.4 is 10.2 Å². The number of piperazine rings is 1. The molecule has 1 fully saturated rings. The molecule has 0 aliphatic carbocycles. The van der Waals surface area contributed by atoms with Crippen molar-refractivity contribution in [2.24, 2.45) is 0 Å². The predicted octanol–water partition coefficient (Wildman–Crippen LogP) is 1.72.